The third-order valence-electron chi connectivity index (χ3n) is 4.09. The Kier molecular flexibility index (Phi) is 7.50. The van der Waals surface area contributed by atoms with Crippen LogP contribution in [0.1, 0.15) is 25.0 Å². The van der Waals surface area contributed by atoms with E-state index in [4.69, 9.17) is 9.47 Å². The number of amides is 1. The van der Waals surface area contributed by atoms with Gasteiger partial charge in [0.15, 0.2) is 11.5 Å². The van der Waals surface area contributed by atoms with Crippen LogP contribution in [0.3, 0.4) is 0 Å². The summed E-state index contributed by atoms with van der Waals surface area (Å²) in [6.45, 7) is 5.70. The van der Waals surface area contributed by atoms with Gasteiger partial charge in [-0.3, -0.25) is 9.10 Å². The molecule has 2 rings (SSSR count). The summed E-state index contributed by atoms with van der Waals surface area (Å²) in [5.41, 5.74) is 2.27. The van der Waals surface area contributed by atoms with Crippen molar-refractivity contribution < 1.29 is 22.7 Å². The molecule has 158 valence electrons. The van der Waals surface area contributed by atoms with Gasteiger partial charge in [0.25, 0.3) is 0 Å². The number of nitrogens with one attached hydrogen (secondary N) is 1. The van der Waals surface area contributed by atoms with Gasteiger partial charge in [-0.1, -0.05) is 23.8 Å². The number of hydrogen-bond donors (Lipinski definition) is 1. The Labute approximate surface area is 172 Å². The normalized spacial score (nSPS) is 11.2. The summed E-state index contributed by atoms with van der Waals surface area (Å²) >= 11 is 0. The van der Waals surface area contributed by atoms with E-state index in [-0.39, 0.29) is 19.2 Å². The van der Waals surface area contributed by atoms with E-state index in [2.05, 4.69) is 5.32 Å². The first-order valence-electron chi connectivity index (χ1n) is 9.25. The topological polar surface area (TPSA) is 84.9 Å². The minimum absolute atomic E-state index is 0.0122. The molecular formula is C21H28N2O5S. The van der Waals surface area contributed by atoms with E-state index in [0.717, 1.165) is 21.7 Å². The summed E-state index contributed by atoms with van der Waals surface area (Å²) in [6.07, 6.45) is 1.09. The largest absolute Gasteiger partial charge is 0.493 e. The second-order valence-electron chi connectivity index (χ2n) is 7.03. The fourth-order valence-corrected chi connectivity index (χ4v) is 3.53. The van der Waals surface area contributed by atoms with Crippen LogP contribution in [0.5, 0.6) is 11.5 Å². The summed E-state index contributed by atoms with van der Waals surface area (Å²) in [7, 11) is -2.05. The molecular weight excluding hydrogens is 392 g/mol. The van der Waals surface area contributed by atoms with Gasteiger partial charge in [-0.2, -0.15) is 0 Å². The summed E-state index contributed by atoms with van der Waals surface area (Å²) in [5, 5.41) is 2.75. The second kappa shape index (κ2) is 9.65. The molecule has 0 spiro atoms. The number of nitrogens with zero attached hydrogens (tertiary/aromatic N) is 1. The Morgan fingerprint density at radius 3 is 2.31 bits per heavy atom. The zero-order chi connectivity index (χ0) is 21.6. The molecule has 0 saturated heterocycles. The summed E-state index contributed by atoms with van der Waals surface area (Å²) in [5.74, 6) is 0.792. The third-order valence-corrected chi connectivity index (χ3v) is 5.23. The van der Waals surface area contributed by atoms with Gasteiger partial charge in [0.05, 0.1) is 25.2 Å². The van der Waals surface area contributed by atoms with Gasteiger partial charge in [-0.15, -0.1) is 0 Å². The van der Waals surface area contributed by atoms with Gasteiger partial charge in [0.2, 0.25) is 15.9 Å². The number of carbonyl (C=O) groups excluding carboxylic acids is 1. The third kappa shape index (κ3) is 6.67. The van der Waals surface area contributed by atoms with E-state index >= 15 is 0 Å². The highest BCUT2D eigenvalue weighted by molar-refractivity contribution is 7.92. The number of ether oxygens (including phenoxy) is 2. The Bertz CT molecular complexity index is 940. The van der Waals surface area contributed by atoms with Crippen molar-refractivity contribution in [2.75, 3.05) is 24.2 Å². The van der Waals surface area contributed by atoms with E-state index in [0.29, 0.717) is 17.2 Å². The lowest BCUT2D eigenvalue weighted by atomic mass is 10.2. The predicted octanol–water partition coefficient (Wildman–Crippen LogP) is 2.87. The molecule has 0 aromatic heterocycles. The Hall–Kier alpha value is -2.74. The fourth-order valence-electron chi connectivity index (χ4n) is 2.67. The maximum absolute atomic E-state index is 12.4. The maximum Gasteiger partial charge on any atom is 0.241 e. The molecule has 1 amide bonds. The number of methoxy groups -OCH3 is 1. The van der Waals surface area contributed by atoms with Crippen LogP contribution < -0.4 is 19.1 Å². The van der Waals surface area contributed by atoms with Crippen molar-refractivity contribution in [2.24, 2.45) is 0 Å². The molecule has 0 bridgehead atoms. The average molecular weight is 421 g/mol. The van der Waals surface area contributed by atoms with Crippen molar-refractivity contribution in [2.45, 2.75) is 33.4 Å². The van der Waals surface area contributed by atoms with Gasteiger partial charge in [-0.05, 0) is 50.6 Å². The zero-order valence-corrected chi connectivity index (χ0v) is 18.2. The molecule has 8 heteroatoms. The van der Waals surface area contributed by atoms with Crippen molar-refractivity contribution >= 4 is 21.6 Å². The van der Waals surface area contributed by atoms with Gasteiger partial charge in [-0.25, -0.2) is 8.42 Å². The highest BCUT2D eigenvalue weighted by atomic mass is 32.2. The fraction of sp³-hybridized carbons (Fsp3) is 0.381. The summed E-state index contributed by atoms with van der Waals surface area (Å²) in [6, 6.07) is 12.4. The van der Waals surface area contributed by atoms with Gasteiger partial charge in [0, 0.05) is 6.54 Å². The number of carbonyl (C=O) groups is 1. The maximum atomic E-state index is 12.4. The molecule has 0 radical (unpaired) electrons. The molecule has 2 aromatic rings. The Morgan fingerprint density at radius 2 is 1.76 bits per heavy atom. The molecule has 29 heavy (non-hydrogen) atoms. The van der Waals surface area contributed by atoms with Crippen LogP contribution in [-0.4, -0.2) is 40.3 Å². The molecule has 0 heterocycles. The minimum Gasteiger partial charge on any atom is -0.493 e. The molecule has 0 aliphatic carbocycles. The molecule has 1 N–H and O–H groups in total. The molecule has 0 unspecified atom stereocenters. The van der Waals surface area contributed by atoms with Gasteiger partial charge in [0.1, 0.15) is 6.54 Å². The lowest BCUT2D eigenvalue weighted by Gasteiger charge is -2.22. The van der Waals surface area contributed by atoms with Gasteiger partial charge >= 0.3 is 0 Å². The van der Waals surface area contributed by atoms with Crippen molar-refractivity contribution in [1.82, 2.24) is 5.32 Å². The number of aryl methyl sites for hydroxylation is 1. The van der Waals surface area contributed by atoms with Crippen LogP contribution in [-0.2, 0) is 21.4 Å². The molecule has 0 aliphatic heterocycles. The lowest BCUT2D eigenvalue weighted by molar-refractivity contribution is -0.119. The minimum atomic E-state index is -3.60. The molecule has 0 fully saturated rings. The predicted molar refractivity (Wildman–Crippen MR) is 114 cm³/mol. The van der Waals surface area contributed by atoms with Crippen molar-refractivity contribution in [3.8, 4) is 11.5 Å². The van der Waals surface area contributed by atoms with Crippen molar-refractivity contribution in [3.63, 3.8) is 0 Å². The van der Waals surface area contributed by atoms with Crippen LogP contribution in [0, 0.1) is 6.92 Å². The number of hydrogen-bond acceptors (Lipinski definition) is 5. The zero-order valence-electron chi connectivity index (χ0n) is 17.4. The average Bonchev–Trinajstić information content (AvgIpc) is 2.65. The highest BCUT2D eigenvalue weighted by Crippen LogP contribution is 2.29. The van der Waals surface area contributed by atoms with Crippen molar-refractivity contribution in [1.29, 1.82) is 0 Å². The number of anilines is 1. The number of sulfonamides is 1. The first-order valence-corrected chi connectivity index (χ1v) is 11.1. The number of rotatable bonds is 9. The highest BCUT2D eigenvalue weighted by Gasteiger charge is 2.20. The summed E-state index contributed by atoms with van der Waals surface area (Å²) in [4.78, 5) is 12.4. The van der Waals surface area contributed by atoms with Crippen LogP contribution in [0.15, 0.2) is 42.5 Å². The summed E-state index contributed by atoms with van der Waals surface area (Å²) < 4.78 is 36.4. The molecule has 0 atom stereocenters. The number of benzene rings is 2. The monoisotopic (exact) mass is 420 g/mol. The van der Waals surface area contributed by atoms with Gasteiger partial charge < -0.3 is 14.8 Å². The Balaban J connectivity index is 2.06. The van der Waals surface area contributed by atoms with Crippen LogP contribution in [0.25, 0.3) is 0 Å². The first kappa shape index (κ1) is 22.5. The van der Waals surface area contributed by atoms with Crippen LogP contribution in [0.4, 0.5) is 5.69 Å². The second-order valence-corrected chi connectivity index (χ2v) is 8.94. The lowest BCUT2D eigenvalue weighted by Crippen LogP contribution is -2.40. The van der Waals surface area contributed by atoms with E-state index in [1.165, 1.54) is 0 Å². The molecule has 7 nitrogen and oxygen atoms in total. The van der Waals surface area contributed by atoms with E-state index in [9.17, 15) is 13.2 Å². The van der Waals surface area contributed by atoms with E-state index < -0.39 is 15.9 Å². The SMILES string of the molecule is COc1cc(CNC(=O)CN(c2ccc(C)cc2)S(C)(=O)=O)ccc1OC(C)C. The standard InChI is InChI=1S/C21H28N2O5S/c1-15(2)28-19-11-8-17(12-20(19)27-4)13-22-21(24)14-23(29(5,25)26)18-9-6-16(3)7-10-18/h6-12,15H,13-14H2,1-5H3,(H,22,24). The van der Waals surface area contributed by atoms with Crippen LogP contribution in [0.2, 0.25) is 0 Å². The molecule has 2 aromatic carbocycles. The van der Waals surface area contributed by atoms with E-state index in [1.54, 1.807) is 43.5 Å². The smallest absolute Gasteiger partial charge is 0.241 e. The van der Waals surface area contributed by atoms with E-state index in [1.807, 2.05) is 26.8 Å². The van der Waals surface area contributed by atoms with Crippen LogP contribution >= 0.6 is 0 Å². The molecule has 0 saturated carbocycles. The molecule has 0 aliphatic rings. The van der Waals surface area contributed by atoms with Crippen molar-refractivity contribution in [3.05, 3.63) is 53.6 Å². The first-order chi connectivity index (χ1) is 13.6. The quantitative estimate of drug-likeness (QED) is 0.674. The Morgan fingerprint density at radius 1 is 1.10 bits per heavy atom.